The van der Waals surface area contributed by atoms with Crippen molar-refractivity contribution < 1.29 is 38.1 Å². The highest BCUT2D eigenvalue weighted by Gasteiger charge is 2.40. The molecule has 10 nitrogen and oxygen atoms in total. The molecule has 0 radical (unpaired) electrons. The molecule has 2 N–H and O–H groups in total. The van der Waals surface area contributed by atoms with E-state index < -0.39 is 35.7 Å². The van der Waals surface area contributed by atoms with Crippen LogP contribution in [-0.4, -0.2) is 50.3 Å². The van der Waals surface area contributed by atoms with Crippen LogP contribution in [-0.2, 0) is 38.1 Å². The van der Waals surface area contributed by atoms with Gasteiger partial charge < -0.3 is 29.6 Å². The van der Waals surface area contributed by atoms with Crippen LogP contribution in [0, 0.1) is 0 Å². The van der Waals surface area contributed by atoms with Crippen molar-refractivity contribution in [3.63, 3.8) is 0 Å². The van der Waals surface area contributed by atoms with E-state index in [0.29, 0.717) is 60.1 Å². The lowest BCUT2D eigenvalue weighted by Crippen LogP contribution is -2.32. The molecule has 0 saturated carbocycles. The molecule has 0 bridgehead atoms. The molecule has 274 valence electrons. The number of hydrogen-bond acceptors (Lipinski definition) is 10. The summed E-state index contributed by atoms with van der Waals surface area (Å²) in [5.74, 6) is -3.46. The summed E-state index contributed by atoms with van der Waals surface area (Å²) in [5.41, 5.74) is 4.86. The third kappa shape index (κ3) is 9.36. The number of rotatable bonds is 10. The number of halogens is 3. The van der Waals surface area contributed by atoms with Gasteiger partial charge in [0.2, 0.25) is 0 Å². The van der Waals surface area contributed by atoms with Gasteiger partial charge in [-0.05, 0) is 79.2 Å². The van der Waals surface area contributed by atoms with Crippen molar-refractivity contribution in [2.75, 3.05) is 26.4 Å². The lowest BCUT2D eigenvalue weighted by atomic mass is 9.80. The van der Waals surface area contributed by atoms with Gasteiger partial charge in [-0.1, -0.05) is 59.1 Å². The van der Waals surface area contributed by atoms with Gasteiger partial charge in [-0.15, -0.1) is 0 Å². The summed E-state index contributed by atoms with van der Waals surface area (Å²) in [4.78, 5) is 50.5. The van der Waals surface area contributed by atoms with Crippen molar-refractivity contribution in [1.29, 1.82) is 0 Å². The molecule has 2 aliphatic heterocycles. The summed E-state index contributed by atoms with van der Waals surface area (Å²) in [6.45, 7) is 14.8. The fourth-order valence-corrected chi connectivity index (χ4v) is 6.86. The average molecular weight is 762 g/mol. The molecule has 0 aromatic heterocycles. The van der Waals surface area contributed by atoms with Gasteiger partial charge in [0.1, 0.15) is 0 Å². The molecule has 0 atom stereocenters. The first kappa shape index (κ1) is 41.2. The number of carbonyl (C=O) groups is 4. The average Bonchev–Trinajstić information content (AvgIpc) is 3.05. The van der Waals surface area contributed by atoms with Crippen LogP contribution in [0.2, 0.25) is 15.1 Å². The van der Waals surface area contributed by atoms with Gasteiger partial charge in [0, 0.05) is 43.4 Å². The van der Waals surface area contributed by atoms with Crippen LogP contribution >= 0.6 is 34.8 Å². The predicted molar refractivity (Wildman–Crippen MR) is 197 cm³/mol. The number of esters is 4. The molecule has 2 heterocycles. The Balaban J connectivity index is 0.000000276. The van der Waals surface area contributed by atoms with E-state index in [0.717, 1.165) is 0 Å². The summed E-state index contributed by atoms with van der Waals surface area (Å²) in [7, 11) is 0. The number of nitrogens with one attached hydrogen (secondary N) is 2. The third-order valence-corrected chi connectivity index (χ3v) is 9.01. The SMILES string of the molecule is CCOC(=O)C1=C(C)NC(C)=C(C(=O)OCC)C1c1c(Cl)cccc1Cl.CCOC(=O)C1=C(C)NC(C)=C(C(=O)OCC)C1c1ccccc1Cl. The van der Waals surface area contributed by atoms with E-state index in [1.807, 2.05) is 6.07 Å². The number of allylic oxidation sites excluding steroid dienone is 4. The molecule has 13 heteroatoms. The quantitative estimate of drug-likeness (QED) is 0.181. The van der Waals surface area contributed by atoms with E-state index in [2.05, 4.69) is 10.6 Å². The molecule has 0 spiro atoms. The maximum Gasteiger partial charge on any atom is 0.336 e. The van der Waals surface area contributed by atoms with E-state index in [4.69, 9.17) is 53.8 Å². The standard InChI is InChI=1S/C19H21Cl2NO4.C19H22ClNO4/c1-5-25-18(23)14-10(3)22-11(4)15(19(24)26-6-2)17(14)16-12(20)8-7-9-13(16)21;1-5-24-18(22)15-11(3)21-12(4)16(19(23)25-6-2)17(15)13-9-7-8-10-14(13)20/h7-9,17,22H,5-6H2,1-4H3;7-10,17,21H,5-6H2,1-4H3. The van der Waals surface area contributed by atoms with Gasteiger partial charge in [0.05, 0.1) is 60.6 Å². The van der Waals surface area contributed by atoms with Crippen LogP contribution in [0.5, 0.6) is 0 Å². The topological polar surface area (TPSA) is 129 Å². The highest BCUT2D eigenvalue weighted by atomic mass is 35.5. The Morgan fingerprint density at radius 1 is 0.510 bits per heavy atom. The molecular formula is C38H43Cl3N2O8. The Labute approximate surface area is 313 Å². The van der Waals surface area contributed by atoms with Gasteiger partial charge in [-0.3, -0.25) is 0 Å². The Kier molecular flexibility index (Phi) is 15.2. The maximum atomic E-state index is 12.7. The Morgan fingerprint density at radius 2 is 0.824 bits per heavy atom. The van der Waals surface area contributed by atoms with Crippen LogP contribution < -0.4 is 10.6 Å². The number of hydrogen-bond donors (Lipinski definition) is 2. The summed E-state index contributed by atoms with van der Waals surface area (Å²) < 4.78 is 20.8. The third-order valence-electron chi connectivity index (χ3n) is 8.01. The van der Waals surface area contributed by atoms with Crippen molar-refractivity contribution in [3.05, 3.63) is 114 Å². The second kappa shape index (κ2) is 18.8. The van der Waals surface area contributed by atoms with Crippen LogP contribution in [0.25, 0.3) is 0 Å². The smallest absolute Gasteiger partial charge is 0.336 e. The van der Waals surface area contributed by atoms with Gasteiger partial charge in [0.25, 0.3) is 0 Å². The summed E-state index contributed by atoms with van der Waals surface area (Å²) in [6.07, 6.45) is 0. The fraction of sp³-hybridized carbons (Fsp3) is 0.368. The number of carbonyl (C=O) groups excluding carboxylic acids is 4. The zero-order valence-electron chi connectivity index (χ0n) is 29.9. The first-order valence-electron chi connectivity index (χ1n) is 16.5. The Morgan fingerprint density at radius 3 is 1.16 bits per heavy atom. The summed E-state index contributed by atoms with van der Waals surface area (Å²) >= 11 is 19.2. The van der Waals surface area contributed by atoms with Gasteiger partial charge in [0.15, 0.2) is 0 Å². The minimum absolute atomic E-state index is 0.204. The molecule has 0 aliphatic carbocycles. The molecule has 2 aliphatic rings. The van der Waals surface area contributed by atoms with Crippen LogP contribution in [0.4, 0.5) is 0 Å². The highest BCUT2D eigenvalue weighted by molar-refractivity contribution is 6.36. The number of dihydropyridines is 2. The predicted octanol–water partition coefficient (Wildman–Crippen LogP) is 8.06. The molecule has 51 heavy (non-hydrogen) atoms. The van der Waals surface area contributed by atoms with E-state index >= 15 is 0 Å². The van der Waals surface area contributed by atoms with Gasteiger partial charge in [-0.25, -0.2) is 19.2 Å². The van der Waals surface area contributed by atoms with Gasteiger partial charge >= 0.3 is 23.9 Å². The Hall–Kier alpha value is -4.25. The zero-order valence-corrected chi connectivity index (χ0v) is 32.2. The molecule has 0 unspecified atom stereocenters. The lowest BCUT2D eigenvalue weighted by Gasteiger charge is -2.31. The first-order chi connectivity index (χ1) is 24.2. The molecule has 0 amide bonds. The van der Waals surface area contributed by atoms with Crippen molar-refractivity contribution in [1.82, 2.24) is 10.6 Å². The molecule has 0 saturated heterocycles. The van der Waals surface area contributed by atoms with Crippen LogP contribution in [0.15, 0.2) is 87.5 Å². The first-order valence-corrected chi connectivity index (χ1v) is 17.6. The van der Waals surface area contributed by atoms with Crippen LogP contribution in [0.3, 0.4) is 0 Å². The van der Waals surface area contributed by atoms with Crippen molar-refractivity contribution >= 4 is 58.7 Å². The Bertz CT molecular complexity index is 1710. The minimum Gasteiger partial charge on any atom is -0.463 e. The largest absolute Gasteiger partial charge is 0.463 e. The van der Waals surface area contributed by atoms with Crippen molar-refractivity contribution in [2.24, 2.45) is 0 Å². The molecule has 2 aromatic rings. The molecule has 4 rings (SSSR count). The second-order valence-corrected chi connectivity index (χ2v) is 12.5. The summed E-state index contributed by atoms with van der Waals surface area (Å²) in [6, 6.07) is 12.2. The van der Waals surface area contributed by atoms with Crippen molar-refractivity contribution in [2.45, 2.75) is 67.2 Å². The lowest BCUT2D eigenvalue weighted by molar-refractivity contribution is -0.141. The maximum absolute atomic E-state index is 12.7. The normalized spacial score (nSPS) is 15.0. The molecule has 2 aromatic carbocycles. The second-order valence-electron chi connectivity index (χ2n) is 11.3. The highest BCUT2D eigenvalue weighted by Crippen LogP contribution is 2.45. The van der Waals surface area contributed by atoms with Gasteiger partial charge in [-0.2, -0.15) is 0 Å². The van der Waals surface area contributed by atoms with E-state index in [-0.39, 0.29) is 37.6 Å². The monoisotopic (exact) mass is 760 g/mol. The molecule has 0 fully saturated rings. The minimum atomic E-state index is -0.782. The van der Waals surface area contributed by atoms with E-state index in [1.54, 1.807) is 91.8 Å². The van der Waals surface area contributed by atoms with E-state index in [9.17, 15) is 19.2 Å². The fourth-order valence-electron chi connectivity index (χ4n) is 6.00. The van der Waals surface area contributed by atoms with Crippen molar-refractivity contribution in [3.8, 4) is 0 Å². The zero-order chi connectivity index (χ0) is 38.0. The summed E-state index contributed by atoms with van der Waals surface area (Å²) in [5, 5.41) is 7.34. The van der Waals surface area contributed by atoms with E-state index in [1.165, 1.54) is 0 Å². The van der Waals surface area contributed by atoms with Crippen LogP contribution in [0.1, 0.15) is 78.4 Å². The number of benzene rings is 2. The number of ether oxygens (including phenoxy) is 4. The molecular weight excluding hydrogens is 719 g/mol.